The molecule has 2 aromatic rings. The van der Waals surface area contributed by atoms with E-state index in [4.69, 9.17) is 9.56 Å². The van der Waals surface area contributed by atoms with Crippen molar-refractivity contribution < 1.29 is 12.8 Å². The summed E-state index contributed by atoms with van der Waals surface area (Å²) in [4.78, 5) is 5.71. The van der Waals surface area contributed by atoms with Crippen molar-refractivity contribution in [3.05, 3.63) is 40.9 Å². The van der Waals surface area contributed by atoms with Crippen LogP contribution in [0.3, 0.4) is 0 Å². The molecule has 0 unspecified atom stereocenters. The molecule has 102 valence electrons. The van der Waals surface area contributed by atoms with E-state index in [2.05, 4.69) is 20.9 Å². The Morgan fingerprint density at radius 3 is 2.74 bits per heavy atom. The first kappa shape index (κ1) is 14.0. The first-order valence-electron chi connectivity index (χ1n) is 5.31. The van der Waals surface area contributed by atoms with Crippen LogP contribution in [0.2, 0.25) is 0 Å². The number of anilines is 1. The summed E-state index contributed by atoms with van der Waals surface area (Å²) in [6, 6.07) is 6.51. The van der Waals surface area contributed by atoms with Crippen molar-refractivity contribution in [3.63, 3.8) is 0 Å². The minimum Gasteiger partial charge on any atom is -0.452 e. The van der Waals surface area contributed by atoms with Crippen LogP contribution in [0.1, 0.15) is 5.76 Å². The van der Waals surface area contributed by atoms with E-state index < -0.39 is 10.0 Å². The van der Waals surface area contributed by atoms with Gasteiger partial charge in [-0.2, -0.15) is 0 Å². The van der Waals surface area contributed by atoms with E-state index in [0.717, 1.165) is 0 Å². The van der Waals surface area contributed by atoms with Gasteiger partial charge < -0.3 is 9.32 Å². The zero-order chi connectivity index (χ0) is 14.0. The first-order valence-corrected chi connectivity index (χ1v) is 7.65. The Morgan fingerprint density at radius 2 is 2.16 bits per heavy atom. The topological polar surface area (TPSA) is 89.4 Å². The van der Waals surface area contributed by atoms with Crippen molar-refractivity contribution in [1.29, 1.82) is 0 Å². The van der Waals surface area contributed by atoms with Crippen LogP contribution < -0.4 is 10.0 Å². The number of aromatic nitrogens is 1. The summed E-state index contributed by atoms with van der Waals surface area (Å²) in [5.41, 5.74) is 0. The van der Waals surface area contributed by atoms with Crippen LogP contribution in [0.15, 0.2) is 44.4 Å². The second-order valence-corrected chi connectivity index (χ2v) is 6.24. The highest BCUT2D eigenvalue weighted by atomic mass is 79.9. The largest absolute Gasteiger partial charge is 0.452 e. The first-order chi connectivity index (χ1) is 8.88. The summed E-state index contributed by atoms with van der Waals surface area (Å²) >= 11 is 3.21. The van der Waals surface area contributed by atoms with Crippen molar-refractivity contribution in [2.45, 2.75) is 11.4 Å². The van der Waals surface area contributed by atoms with Gasteiger partial charge in [0.15, 0.2) is 4.67 Å². The van der Waals surface area contributed by atoms with Crippen LogP contribution in [0.5, 0.6) is 0 Å². The molecule has 0 aromatic carbocycles. The number of primary sulfonamides is 1. The van der Waals surface area contributed by atoms with Gasteiger partial charge in [0.25, 0.3) is 0 Å². The predicted octanol–water partition coefficient (Wildman–Crippen LogP) is 1.72. The summed E-state index contributed by atoms with van der Waals surface area (Å²) < 4.78 is 29.0. The molecule has 19 heavy (non-hydrogen) atoms. The number of furan rings is 1. The van der Waals surface area contributed by atoms with Gasteiger partial charge in [-0.15, -0.1) is 0 Å². The Bertz CT molecular complexity index is 684. The molecule has 0 amide bonds. The van der Waals surface area contributed by atoms with E-state index in [1.807, 2.05) is 0 Å². The minimum atomic E-state index is -3.81. The maximum absolute atomic E-state index is 11.5. The number of halogens is 1. The van der Waals surface area contributed by atoms with Gasteiger partial charge in [-0.1, -0.05) is 0 Å². The molecule has 2 N–H and O–H groups in total. The molecule has 0 fully saturated rings. The fraction of sp³-hybridized carbons (Fsp3) is 0.182. The number of sulfonamides is 1. The lowest BCUT2D eigenvalue weighted by atomic mass is 10.4. The summed E-state index contributed by atoms with van der Waals surface area (Å²) in [5.74, 6) is 0.970. The fourth-order valence-electron chi connectivity index (χ4n) is 1.64. The minimum absolute atomic E-state index is 0.0110. The van der Waals surface area contributed by atoms with E-state index >= 15 is 0 Å². The maximum atomic E-state index is 11.5. The van der Waals surface area contributed by atoms with Crippen LogP contribution in [-0.2, 0) is 16.6 Å². The molecule has 0 atom stereocenters. The molecule has 0 saturated carbocycles. The smallest absolute Gasteiger partial charge is 0.241 e. The monoisotopic (exact) mass is 345 g/mol. The Labute approximate surface area is 119 Å². The van der Waals surface area contributed by atoms with Crippen LogP contribution in [0.25, 0.3) is 0 Å². The number of nitrogens with two attached hydrogens (primary N) is 1. The SMILES string of the molecule is CN(Cc1ccc(Br)o1)c1ncccc1S(N)(=O)=O. The van der Waals surface area contributed by atoms with E-state index in [9.17, 15) is 8.42 Å². The van der Waals surface area contributed by atoms with Crippen molar-refractivity contribution in [2.24, 2.45) is 5.14 Å². The number of nitrogens with zero attached hydrogens (tertiary/aromatic N) is 2. The summed E-state index contributed by atoms with van der Waals surface area (Å²) in [5, 5.41) is 5.17. The standard InChI is InChI=1S/C11H12BrN3O3S/c1-15(7-8-4-5-10(12)18-8)11-9(19(13,16)17)3-2-6-14-11/h2-6H,7H2,1H3,(H2,13,16,17). The number of pyridine rings is 1. The highest BCUT2D eigenvalue weighted by Crippen LogP contribution is 2.23. The Balaban J connectivity index is 2.31. The molecule has 0 aliphatic rings. The van der Waals surface area contributed by atoms with Crippen LogP contribution >= 0.6 is 15.9 Å². The molecule has 8 heteroatoms. The summed E-state index contributed by atoms with van der Waals surface area (Å²) in [7, 11) is -2.09. The molecule has 2 aromatic heterocycles. The van der Waals surface area contributed by atoms with E-state index in [0.29, 0.717) is 17.0 Å². The molecular formula is C11H12BrN3O3S. The van der Waals surface area contributed by atoms with E-state index in [1.54, 1.807) is 24.1 Å². The lowest BCUT2D eigenvalue weighted by molar-refractivity contribution is 0.485. The third kappa shape index (κ3) is 3.34. The second kappa shape index (κ2) is 5.32. The zero-order valence-electron chi connectivity index (χ0n) is 10.1. The van der Waals surface area contributed by atoms with Gasteiger partial charge in [0.05, 0.1) is 6.54 Å². The summed E-state index contributed by atoms with van der Waals surface area (Å²) in [6.07, 6.45) is 1.51. The number of rotatable bonds is 4. The number of hydrogen-bond donors (Lipinski definition) is 1. The van der Waals surface area contributed by atoms with Crippen LogP contribution in [-0.4, -0.2) is 20.4 Å². The Hall–Kier alpha value is -1.38. The highest BCUT2D eigenvalue weighted by molar-refractivity contribution is 9.10. The Morgan fingerprint density at radius 1 is 1.42 bits per heavy atom. The number of hydrogen-bond acceptors (Lipinski definition) is 5. The molecule has 0 spiro atoms. The van der Waals surface area contributed by atoms with Gasteiger partial charge in [0.2, 0.25) is 10.0 Å². The Kier molecular flexibility index (Phi) is 3.93. The van der Waals surface area contributed by atoms with E-state index in [1.165, 1.54) is 18.3 Å². The second-order valence-electron chi connectivity index (χ2n) is 3.93. The normalized spacial score (nSPS) is 11.5. The average molecular weight is 346 g/mol. The maximum Gasteiger partial charge on any atom is 0.241 e. The van der Waals surface area contributed by atoms with E-state index in [-0.39, 0.29) is 10.7 Å². The molecule has 6 nitrogen and oxygen atoms in total. The molecule has 2 rings (SSSR count). The zero-order valence-corrected chi connectivity index (χ0v) is 12.5. The van der Waals surface area contributed by atoms with Crippen LogP contribution in [0.4, 0.5) is 5.82 Å². The van der Waals surface area contributed by atoms with Gasteiger partial charge in [-0.25, -0.2) is 18.5 Å². The van der Waals surface area contributed by atoms with Gasteiger partial charge in [0, 0.05) is 13.2 Å². The van der Waals surface area contributed by atoms with Crippen molar-refractivity contribution in [3.8, 4) is 0 Å². The van der Waals surface area contributed by atoms with Crippen molar-refractivity contribution >= 4 is 31.8 Å². The average Bonchev–Trinajstić information content (AvgIpc) is 2.73. The molecule has 2 heterocycles. The molecule has 0 radical (unpaired) electrons. The van der Waals surface area contributed by atoms with Gasteiger partial charge >= 0.3 is 0 Å². The molecule has 0 bridgehead atoms. The lowest BCUT2D eigenvalue weighted by Gasteiger charge is -2.18. The third-order valence-electron chi connectivity index (χ3n) is 2.44. The lowest BCUT2D eigenvalue weighted by Crippen LogP contribution is -2.22. The van der Waals surface area contributed by atoms with Crippen molar-refractivity contribution in [1.82, 2.24) is 4.98 Å². The van der Waals surface area contributed by atoms with Gasteiger partial charge in [0.1, 0.15) is 16.5 Å². The predicted molar refractivity (Wildman–Crippen MR) is 74.1 cm³/mol. The van der Waals surface area contributed by atoms with Gasteiger partial charge in [-0.05, 0) is 40.2 Å². The third-order valence-corrected chi connectivity index (χ3v) is 3.80. The van der Waals surface area contributed by atoms with Crippen molar-refractivity contribution in [2.75, 3.05) is 11.9 Å². The highest BCUT2D eigenvalue weighted by Gasteiger charge is 2.18. The fourth-order valence-corrected chi connectivity index (χ4v) is 2.71. The molecule has 0 aliphatic carbocycles. The molecule has 0 aliphatic heterocycles. The summed E-state index contributed by atoms with van der Waals surface area (Å²) in [6.45, 7) is 0.380. The quantitative estimate of drug-likeness (QED) is 0.911. The molecule has 0 saturated heterocycles. The van der Waals surface area contributed by atoms with Gasteiger partial charge in [-0.3, -0.25) is 0 Å². The van der Waals surface area contributed by atoms with Crippen LogP contribution in [0, 0.1) is 0 Å². The molecular weight excluding hydrogens is 334 g/mol.